The number of carbonyl (C=O) groups excluding carboxylic acids is 1. The number of rotatable bonds is 4. The molecule has 98 valence electrons. The van der Waals surface area contributed by atoms with E-state index in [4.69, 9.17) is 5.73 Å². The topological polar surface area (TPSA) is 84.1 Å². The summed E-state index contributed by atoms with van der Waals surface area (Å²) in [6, 6.07) is 1.65. The fourth-order valence-corrected chi connectivity index (χ4v) is 2.01. The maximum atomic E-state index is 11.8. The first-order chi connectivity index (χ1) is 8.69. The van der Waals surface area contributed by atoms with E-state index in [1.807, 2.05) is 11.8 Å². The van der Waals surface area contributed by atoms with Gasteiger partial charge in [0, 0.05) is 25.6 Å². The Hall–Kier alpha value is -1.85. The lowest BCUT2D eigenvalue weighted by Gasteiger charge is -2.15. The van der Waals surface area contributed by atoms with Crippen molar-refractivity contribution in [3.8, 4) is 0 Å². The van der Waals surface area contributed by atoms with Gasteiger partial charge in [-0.3, -0.25) is 4.79 Å². The van der Waals surface area contributed by atoms with Crippen molar-refractivity contribution in [1.29, 1.82) is 0 Å². The maximum absolute atomic E-state index is 11.8. The number of nitrogen functional groups attached to an aromatic ring is 1. The van der Waals surface area contributed by atoms with E-state index in [1.165, 1.54) is 0 Å². The van der Waals surface area contributed by atoms with Gasteiger partial charge >= 0.3 is 0 Å². The Morgan fingerprint density at radius 2 is 2.17 bits per heavy atom. The van der Waals surface area contributed by atoms with E-state index in [2.05, 4.69) is 15.3 Å². The second-order valence-corrected chi connectivity index (χ2v) is 4.39. The normalized spacial score (nSPS) is 14.8. The average Bonchev–Trinajstić information content (AvgIpc) is 2.89. The first-order valence-electron chi connectivity index (χ1n) is 6.34. The zero-order valence-electron chi connectivity index (χ0n) is 10.6. The van der Waals surface area contributed by atoms with Gasteiger partial charge in [0.15, 0.2) is 0 Å². The van der Waals surface area contributed by atoms with Crippen LogP contribution in [0.5, 0.6) is 0 Å². The van der Waals surface area contributed by atoms with Gasteiger partial charge in [0.1, 0.15) is 17.5 Å². The Bertz CT molecular complexity index is 428. The molecule has 0 saturated carbocycles. The van der Waals surface area contributed by atoms with Crippen LogP contribution >= 0.6 is 0 Å². The van der Waals surface area contributed by atoms with Gasteiger partial charge in [-0.2, -0.15) is 0 Å². The quantitative estimate of drug-likeness (QED) is 0.818. The minimum atomic E-state index is 0.114. The van der Waals surface area contributed by atoms with Crippen molar-refractivity contribution in [2.75, 3.05) is 30.7 Å². The van der Waals surface area contributed by atoms with Crippen LogP contribution in [0, 0.1) is 0 Å². The molecule has 0 aromatic carbocycles. The molecule has 2 rings (SSSR count). The molecular weight excluding hydrogens is 230 g/mol. The van der Waals surface area contributed by atoms with Crippen LogP contribution in [0.1, 0.15) is 25.6 Å². The highest BCUT2D eigenvalue weighted by molar-refractivity contribution is 5.80. The van der Waals surface area contributed by atoms with Crippen LogP contribution in [-0.2, 0) is 11.2 Å². The molecule has 6 nitrogen and oxygen atoms in total. The number of aryl methyl sites for hydroxylation is 1. The van der Waals surface area contributed by atoms with E-state index in [0.717, 1.165) is 32.4 Å². The number of nitrogens with zero attached hydrogens (tertiary/aromatic N) is 3. The van der Waals surface area contributed by atoms with Crippen LogP contribution in [0.15, 0.2) is 6.07 Å². The third-order valence-electron chi connectivity index (χ3n) is 2.99. The van der Waals surface area contributed by atoms with Crippen molar-refractivity contribution in [3.05, 3.63) is 11.9 Å². The van der Waals surface area contributed by atoms with Gasteiger partial charge in [0.2, 0.25) is 5.91 Å². The summed E-state index contributed by atoms with van der Waals surface area (Å²) >= 11 is 0. The van der Waals surface area contributed by atoms with E-state index >= 15 is 0 Å². The first-order valence-corrected chi connectivity index (χ1v) is 6.34. The lowest BCUT2D eigenvalue weighted by atomic mass is 10.4. The Balaban J connectivity index is 1.92. The van der Waals surface area contributed by atoms with Crippen LogP contribution in [0.2, 0.25) is 0 Å². The lowest BCUT2D eigenvalue weighted by molar-refractivity contribution is -0.128. The minimum absolute atomic E-state index is 0.114. The van der Waals surface area contributed by atoms with E-state index in [-0.39, 0.29) is 12.5 Å². The van der Waals surface area contributed by atoms with Crippen molar-refractivity contribution in [2.24, 2.45) is 0 Å². The summed E-state index contributed by atoms with van der Waals surface area (Å²) in [5, 5.41) is 3.01. The smallest absolute Gasteiger partial charge is 0.241 e. The molecule has 1 aromatic rings. The number of nitrogens with two attached hydrogens (primary N) is 1. The van der Waals surface area contributed by atoms with Crippen LogP contribution < -0.4 is 11.1 Å². The monoisotopic (exact) mass is 249 g/mol. The molecule has 0 unspecified atom stereocenters. The number of aromatic nitrogens is 2. The largest absolute Gasteiger partial charge is 0.384 e. The number of hydrogen-bond donors (Lipinski definition) is 2. The van der Waals surface area contributed by atoms with E-state index < -0.39 is 0 Å². The highest BCUT2D eigenvalue weighted by Crippen LogP contribution is 2.10. The van der Waals surface area contributed by atoms with Gasteiger partial charge in [-0.15, -0.1) is 0 Å². The summed E-state index contributed by atoms with van der Waals surface area (Å²) in [6.07, 6.45) is 2.93. The molecule has 3 N–H and O–H groups in total. The fraction of sp³-hybridized carbons (Fsp3) is 0.583. The van der Waals surface area contributed by atoms with E-state index in [0.29, 0.717) is 17.5 Å². The van der Waals surface area contributed by atoms with Gasteiger partial charge in [-0.25, -0.2) is 9.97 Å². The summed E-state index contributed by atoms with van der Waals surface area (Å²) in [7, 11) is 0. The van der Waals surface area contributed by atoms with Crippen LogP contribution in [0.3, 0.4) is 0 Å². The van der Waals surface area contributed by atoms with Gasteiger partial charge in [-0.1, -0.05) is 6.92 Å². The third-order valence-corrected chi connectivity index (χ3v) is 2.99. The SMILES string of the molecule is CCc1nc(N)cc(NCC(=O)N2CCCC2)n1. The molecule has 1 aliphatic rings. The molecule has 0 bridgehead atoms. The number of anilines is 2. The molecule has 6 heteroatoms. The molecule has 0 atom stereocenters. The second kappa shape index (κ2) is 5.66. The Labute approximate surface area is 107 Å². The summed E-state index contributed by atoms with van der Waals surface area (Å²) in [4.78, 5) is 22.1. The Morgan fingerprint density at radius 1 is 1.44 bits per heavy atom. The molecule has 1 aromatic heterocycles. The van der Waals surface area contributed by atoms with Crippen molar-refractivity contribution >= 4 is 17.5 Å². The highest BCUT2D eigenvalue weighted by atomic mass is 16.2. The number of carbonyl (C=O) groups is 1. The maximum Gasteiger partial charge on any atom is 0.241 e. The van der Waals surface area contributed by atoms with Gasteiger partial charge in [-0.05, 0) is 12.8 Å². The molecule has 0 radical (unpaired) electrons. The van der Waals surface area contributed by atoms with Gasteiger partial charge in [0.05, 0.1) is 6.54 Å². The predicted octanol–water partition coefficient (Wildman–Crippen LogP) is 0.655. The third kappa shape index (κ3) is 3.09. The number of nitrogens with one attached hydrogen (secondary N) is 1. The molecule has 1 fully saturated rings. The van der Waals surface area contributed by atoms with Crippen molar-refractivity contribution in [1.82, 2.24) is 14.9 Å². The van der Waals surface area contributed by atoms with Crippen molar-refractivity contribution in [2.45, 2.75) is 26.2 Å². The molecule has 0 spiro atoms. The van der Waals surface area contributed by atoms with Crippen molar-refractivity contribution in [3.63, 3.8) is 0 Å². The molecule has 2 heterocycles. The van der Waals surface area contributed by atoms with Crippen LogP contribution in [-0.4, -0.2) is 40.4 Å². The first kappa shape index (κ1) is 12.6. The van der Waals surface area contributed by atoms with Crippen LogP contribution in [0.25, 0.3) is 0 Å². The van der Waals surface area contributed by atoms with E-state index in [9.17, 15) is 4.79 Å². The molecule has 1 amide bonds. The number of amides is 1. The zero-order valence-corrected chi connectivity index (χ0v) is 10.6. The Kier molecular flexibility index (Phi) is 3.96. The minimum Gasteiger partial charge on any atom is -0.384 e. The fourth-order valence-electron chi connectivity index (χ4n) is 2.01. The zero-order chi connectivity index (χ0) is 13.0. The lowest BCUT2D eigenvalue weighted by Crippen LogP contribution is -2.33. The molecule has 0 aliphatic carbocycles. The van der Waals surface area contributed by atoms with E-state index in [1.54, 1.807) is 6.07 Å². The average molecular weight is 249 g/mol. The highest BCUT2D eigenvalue weighted by Gasteiger charge is 2.17. The van der Waals surface area contributed by atoms with Crippen LogP contribution in [0.4, 0.5) is 11.6 Å². The standard InChI is InChI=1S/C12H19N5O/c1-2-10-15-9(13)7-11(16-10)14-8-12(18)17-5-3-4-6-17/h7H,2-6,8H2,1H3,(H3,13,14,15,16). The molecule has 18 heavy (non-hydrogen) atoms. The summed E-state index contributed by atoms with van der Waals surface area (Å²) < 4.78 is 0. The summed E-state index contributed by atoms with van der Waals surface area (Å²) in [6.45, 7) is 3.97. The second-order valence-electron chi connectivity index (χ2n) is 4.39. The number of hydrogen-bond acceptors (Lipinski definition) is 5. The Morgan fingerprint density at radius 3 is 2.83 bits per heavy atom. The number of likely N-dealkylation sites (tertiary alicyclic amines) is 1. The molecular formula is C12H19N5O. The van der Waals surface area contributed by atoms with Gasteiger partial charge < -0.3 is 16.0 Å². The summed E-state index contributed by atoms with van der Waals surface area (Å²) in [5.74, 6) is 1.85. The molecule has 1 aliphatic heterocycles. The van der Waals surface area contributed by atoms with Crippen molar-refractivity contribution < 1.29 is 4.79 Å². The molecule has 1 saturated heterocycles. The van der Waals surface area contributed by atoms with Gasteiger partial charge in [0.25, 0.3) is 0 Å². The summed E-state index contributed by atoms with van der Waals surface area (Å²) in [5.41, 5.74) is 5.68. The predicted molar refractivity (Wildman–Crippen MR) is 70.1 cm³/mol.